The monoisotopic (exact) mass is 420 g/mol. The summed E-state index contributed by atoms with van der Waals surface area (Å²) in [6, 6.07) is 13.9. The van der Waals surface area contributed by atoms with Crippen molar-refractivity contribution < 1.29 is 27.5 Å². The predicted octanol–water partition coefficient (Wildman–Crippen LogP) is 1.42. The molecule has 0 aliphatic rings. The summed E-state index contributed by atoms with van der Waals surface area (Å²) in [5, 5.41) is 5.04. The number of anilines is 1. The van der Waals surface area contributed by atoms with Crippen molar-refractivity contribution in [3.8, 4) is 11.5 Å². The Hall–Kier alpha value is -3.07. The summed E-state index contributed by atoms with van der Waals surface area (Å²) < 4.78 is 34.5. The molecular formula is C20H24N2O6S. The van der Waals surface area contributed by atoms with Gasteiger partial charge in [-0.2, -0.15) is 0 Å². The molecule has 2 N–H and O–H groups in total. The molecule has 0 aromatic heterocycles. The highest BCUT2D eigenvalue weighted by atomic mass is 32.2. The Bertz CT molecular complexity index is 945. The van der Waals surface area contributed by atoms with E-state index in [1.807, 2.05) is 6.07 Å². The fourth-order valence-corrected chi connectivity index (χ4v) is 3.68. The molecule has 0 bridgehead atoms. The van der Waals surface area contributed by atoms with Crippen molar-refractivity contribution in [2.24, 2.45) is 0 Å². The molecule has 2 aromatic rings. The minimum Gasteiger partial charge on any atom is -0.493 e. The van der Waals surface area contributed by atoms with Gasteiger partial charge in [0.2, 0.25) is 11.8 Å². The van der Waals surface area contributed by atoms with Crippen LogP contribution in [-0.2, 0) is 25.8 Å². The lowest BCUT2D eigenvalue weighted by molar-refractivity contribution is -0.118. The lowest BCUT2D eigenvalue weighted by atomic mass is 10.1. The Morgan fingerprint density at radius 2 is 1.55 bits per heavy atom. The van der Waals surface area contributed by atoms with Gasteiger partial charge in [0.1, 0.15) is 11.5 Å². The SMILES string of the molecule is COc1ccc(CCNC(=O)CS(=O)(=O)CC(=O)Nc2ccccc2)cc1OC. The first kappa shape index (κ1) is 22.2. The van der Waals surface area contributed by atoms with Crippen LogP contribution in [0, 0.1) is 0 Å². The molecule has 2 amide bonds. The molecule has 9 heteroatoms. The van der Waals surface area contributed by atoms with Crippen LogP contribution < -0.4 is 20.1 Å². The van der Waals surface area contributed by atoms with Crippen molar-refractivity contribution in [1.29, 1.82) is 0 Å². The molecule has 0 radical (unpaired) electrons. The molecule has 0 atom stereocenters. The number of sulfone groups is 1. The molecule has 29 heavy (non-hydrogen) atoms. The van der Waals surface area contributed by atoms with Gasteiger partial charge in [0.05, 0.1) is 14.2 Å². The quantitative estimate of drug-likeness (QED) is 0.601. The molecule has 0 aliphatic heterocycles. The smallest absolute Gasteiger partial charge is 0.239 e. The maximum atomic E-state index is 12.1. The van der Waals surface area contributed by atoms with Gasteiger partial charge in [-0.25, -0.2) is 8.42 Å². The summed E-state index contributed by atoms with van der Waals surface area (Å²) >= 11 is 0. The van der Waals surface area contributed by atoms with E-state index in [0.717, 1.165) is 5.56 Å². The van der Waals surface area contributed by atoms with Crippen LogP contribution in [0.5, 0.6) is 11.5 Å². The van der Waals surface area contributed by atoms with Crippen LogP contribution in [0.2, 0.25) is 0 Å². The summed E-state index contributed by atoms with van der Waals surface area (Å²) in [7, 11) is -0.806. The van der Waals surface area contributed by atoms with Gasteiger partial charge in [0, 0.05) is 12.2 Å². The van der Waals surface area contributed by atoms with E-state index in [4.69, 9.17) is 9.47 Å². The number of carbonyl (C=O) groups excluding carboxylic acids is 2. The molecule has 2 rings (SSSR count). The molecule has 0 saturated carbocycles. The van der Waals surface area contributed by atoms with Crippen LogP contribution in [0.1, 0.15) is 5.56 Å². The van der Waals surface area contributed by atoms with Gasteiger partial charge in [-0.1, -0.05) is 24.3 Å². The van der Waals surface area contributed by atoms with E-state index in [2.05, 4.69) is 10.6 Å². The molecule has 2 aromatic carbocycles. The number of rotatable bonds is 10. The Kier molecular flexibility index (Phi) is 8.02. The molecule has 0 spiro atoms. The minimum atomic E-state index is -3.88. The average Bonchev–Trinajstić information content (AvgIpc) is 2.67. The Labute approximate surface area is 170 Å². The molecular weight excluding hydrogens is 396 g/mol. The van der Waals surface area contributed by atoms with Gasteiger partial charge in [0.25, 0.3) is 0 Å². The van der Waals surface area contributed by atoms with Crippen LogP contribution in [0.15, 0.2) is 48.5 Å². The third-order valence-corrected chi connectivity index (χ3v) is 5.35. The standard InChI is InChI=1S/C20H24N2O6S/c1-27-17-9-8-15(12-18(17)28-2)10-11-21-19(23)13-29(25,26)14-20(24)22-16-6-4-3-5-7-16/h3-9,12H,10-11,13-14H2,1-2H3,(H,21,23)(H,22,24). The van der Waals surface area contributed by atoms with Crippen LogP contribution in [0.4, 0.5) is 5.69 Å². The van der Waals surface area contributed by atoms with E-state index in [-0.39, 0.29) is 6.54 Å². The van der Waals surface area contributed by atoms with Crippen LogP contribution in [-0.4, -0.2) is 52.5 Å². The van der Waals surface area contributed by atoms with Crippen molar-refractivity contribution in [2.75, 3.05) is 37.6 Å². The molecule has 156 valence electrons. The summed E-state index contributed by atoms with van der Waals surface area (Å²) in [6.45, 7) is 0.250. The molecule has 0 saturated heterocycles. The van der Waals surface area contributed by atoms with Crippen LogP contribution in [0.3, 0.4) is 0 Å². The molecule has 0 fully saturated rings. The first-order valence-corrected chi connectivity index (χ1v) is 10.7. The zero-order chi connectivity index (χ0) is 21.3. The van der Waals surface area contributed by atoms with Crippen molar-refractivity contribution in [2.45, 2.75) is 6.42 Å². The zero-order valence-electron chi connectivity index (χ0n) is 16.3. The van der Waals surface area contributed by atoms with E-state index in [0.29, 0.717) is 23.6 Å². The van der Waals surface area contributed by atoms with E-state index < -0.39 is 33.2 Å². The normalized spacial score (nSPS) is 10.8. The molecule has 0 unspecified atom stereocenters. The third-order valence-electron chi connectivity index (χ3n) is 3.94. The molecule has 8 nitrogen and oxygen atoms in total. The Morgan fingerprint density at radius 1 is 0.897 bits per heavy atom. The number of benzene rings is 2. The summed E-state index contributed by atoms with van der Waals surface area (Å²) in [5.74, 6) is -1.68. The fourth-order valence-electron chi connectivity index (χ4n) is 2.60. The fraction of sp³-hybridized carbons (Fsp3) is 0.300. The number of methoxy groups -OCH3 is 2. The van der Waals surface area contributed by atoms with E-state index in [1.54, 1.807) is 42.5 Å². The topological polar surface area (TPSA) is 111 Å². The van der Waals surface area contributed by atoms with E-state index >= 15 is 0 Å². The maximum Gasteiger partial charge on any atom is 0.239 e. The second-order valence-corrected chi connectivity index (χ2v) is 8.30. The van der Waals surface area contributed by atoms with Gasteiger partial charge in [-0.05, 0) is 36.2 Å². The molecule has 0 aliphatic carbocycles. The van der Waals surface area contributed by atoms with Crippen LogP contribution >= 0.6 is 0 Å². The minimum absolute atomic E-state index is 0.250. The molecule has 0 heterocycles. The van der Waals surface area contributed by atoms with Crippen molar-refractivity contribution >= 4 is 27.3 Å². The number of hydrogen-bond acceptors (Lipinski definition) is 6. The first-order valence-electron chi connectivity index (χ1n) is 8.86. The Morgan fingerprint density at radius 3 is 2.21 bits per heavy atom. The van der Waals surface area contributed by atoms with E-state index in [1.165, 1.54) is 14.2 Å². The average molecular weight is 420 g/mol. The number of amides is 2. The summed E-state index contributed by atoms with van der Waals surface area (Å²) in [6.07, 6.45) is 0.487. The third kappa shape index (κ3) is 7.46. The van der Waals surface area contributed by atoms with Crippen molar-refractivity contribution in [3.63, 3.8) is 0 Å². The number of nitrogens with one attached hydrogen (secondary N) is 2. The maximum absolute atomic E-state index is 12.1. The number of para-hydroxylation sites is 1. The number of hydrogen-bond donors (Lipinski definition) is 2. The highest BCUT2D eigenvalue weighted by Crippen LogP contribution is 2.27. The second kappa shape index (κ2) is 10.5. The van der Waals surface area contributed by atoms with Crippen LogP contribution in [0.25, 0.3) is 0 Å². The van der Waals surface area contributed by atoms with Gasteiger partial charge >= 0.3 is 0 Å². The van der Waals surface area contributed by atoms with Gasteiger partial charge in [-0.15, -0.1) is 0 Å². The summed E-state index contributed by atoms with van der Waals surface area (Å²) in [4.78, 5) is 23.8. The second-order valence-electron chi connectivity index (χ2n) is 6.24. The highest BCUT2D eigenvalue weighted by molar-refractivity contribution is 7.92. The predicted molar refractivity (Wildman–Crippen MR) is 110 cm³/mol. The van der Waals surface area contributed by atoms with Gasteiger partial charge < -0.3 is 20.1 Å². The van der Waals surface area contributed by atoms with E-state index in [9.17, 15) is 18.0 Å². The Balaban J connectivity index is 1.79. The highest BCUT2D eigenvalue weighted by Gasteiger charge is 2.20. The number of carbonyl (C=O) groups is 2. The van der Waals surface area contributed by atoms with Gasteiger partial charge in [0.15, 0.2) is 21.3 Å². The van der Waals surface area contributed by atoms with Crippen molar-refractivity contribution in [3.05, 3.63) is 54.1 Å². The zero-order valence-corrected chi connectivity index (χ0v) is 17.1. The lowest BCUT2D eigenvalue weighted by Crippen LogP contribution is -2.35. The summed E-state index contributed by atoms with van der Waals surface area (Å²) in [5.41, 5.74) is 1.39. The van der Waals surface area contributed by atoms with Gasteiger partial charge in [-0.3, -0.25) is 9.59 Å². The first-order chi connectivity index (χ1) is 13.8. The largest absolute Gasteiger partial charge is 0.493 e. The number of ether oxygens (including phenoxy) is 2. The lowest BCUT2D eigenvalue weighted by Gasteiger charge is -2.10. The van der Waals surface area contributed by atoms with Crippen molar-refractivity contribution in [1.82, 2.24) is 5.32 Å².